The first-order valence-electron chi connectivity index (χ1n) is 12.2. The van der Waals surface area contributed by atoms with Crippen molar-refractivity contribution in [2.75, 3.05) is 6.61 Å². The minimum atomic E-state index is -0.404. The van der Waals surface area contributed by atoms with Gasteiger partial charge in [0.2, 0.25) is 0 Å². The highest BCUT2D eigenvalue weighted by Crippen LogP contribution is 2.63. The number of hydrogen-bond acceptors (Lipinski definition) is 6. The lowest BCUT2D eigenvalue weighted by molar-refractivity contribution is -0.313. The van der Waals surface area contributed by atoms with Crippen LogP contribution in [0.5, 0.6) is 0 Å². The van der Waals surface area contributed by atoms with Gasteiger partial charge in [0, 0.05) is 24.7 Å². The standard InChI is InChI=1S/C25H40O6/c1-6-7-15(2)30-31-18-8-10-24(4)17(12-18)13-20(27)22-19(24)9-11-25(5)21(29-16(3)26)14-28-23(22)25/h17-23,27H,2,6-14H2,1,3-5H3/t17?,18-,19?,20?,21-,22?,23?,24-,25+/m0/s1. The molecule has 0 aromatic rings. The molecule has 3 aliphatic carbocycles. The second-order valence-electron chi connectivity index (χ2n) is 11.0. The summed E-state index contributed by atoms with van der Waals surface area (Å²) < 4.78 is 11.9. The SMILES string of the molecule is C=C(CCC)OO[C@H]1CC[C@@]2(C)C(CC(O)C3C2CC[C@@]2(C)C3OC[C@@H]2OC(C)=O)C1. The average molecular weight is 437 g/mol. The summed E-state index contributed by atoms with van der Waals surface area (Å²) in [6, 6.07) is 0. The normalized spacial score (nSPS) is 46.4. The third-order valence-electron chi connectivity index (χ3n) is 9.06. The molecule has 4 rings (SSSR count). The quantitative estimate of drug-likeness (QED) is 0.285. The zero-order chi connectivity index (χ0) is 22.4. The van der Waals surface area contributed by atoms with Crippen LogP contribution in [0.4, 0.5) is 0 Å². The third-order valence-corrected chi connectivity index (χ3v) is 9.06. The summed E-state index contributed by atoms with van der Waals surface area (Å²) in [5.41, 5.74) is -0.0563. The molecular weight excluding hydrogens is 396 g/mol. The fourth-order valence-corrected chi connectivity index (χ4v) is 7.31. The van der Waals surface area contributed by atoms with Crippen LogP contribution >= 0.6 is 0 Å². The molecule has 1 saturated heterocycles. The van der Waals surface area contributed by atoms with Crippen LogP contribution in [0.3, 0.4) is 0 Å². The molecule has 9 atom stereocenters. The first kappa shape index (κ1) is 23.1. The van der Waals surface area contributed by atoms with E-state index in [4.69, 9.17) is 19.2 Å². The summed E-state index contributed by atoms with van der Waals surface area (Å²) in [6.45, 7) is 12.5. The Morgan fingerprint density at radius 2 is 1.94 bits per heavy atom. The van der Waals surface area contributed by atoms with Gasteiger partial charge in [0.15, 0.2) is 0 Å². The maximum atomic E-state index is 11.6. The molecule has 5 unspecified atom stereocenters. The molecule has 4 aliphatic rings. The molecule has 1 aliphatic heterocycles. The van der Waals surface area contributed by atoms with Crippen LogP contribution in [0, 0.1) is 28.6 Å². The van der Waals surface area contributed by atoms with Crippen molar-refractivity contribution in [2.45, 2.75) is 103 Å². The van der Waals surface area contributed by atoms with Crippen molar-refractivity contribution in [1.29, 1.82) is 0 Å². The van der Waals surface area contributed by atoms with Gasteiger partial charge < -0.3 is 19.5 Å². The largest absolute Gasteiger partial charge is 0.459 e. The van der Waals surface area contributed by atoms with Crippen LogP contribution in [0.2, 0.25) is 0 Å². The van der Waals surface area contributed by atoms with Gasteiger partial charge in [-0.05, 0) is 62.2 Å². The predicted octanol–water partition coefficient (Wildman–Crippen LogP) is 4.55. The van der Waals surface area contributed by atoms with Crippen molar-refractivity contribution >= 4 is 5.97 Å². The van der Waals surface area contributed by atoms with E-state index in [1.807, 2.05) is 0 Å². The van der Waals surface area contributed by atoms with Gasteiger partial charge in [0.1, 0.15) is 18.0 Å². The van der Waals surface area contributed by atoms with E-state index in [2.05, 4.69) is 27.4 Å². The predicted molar refractivity (Wildman–Crippen MR) is 116 cm³/mol. The first-order chi connectivity index (χ1) is 14.7. The van der Waals surface area contributed by atoms with E-state index >= 15 is 0 Å². The minimum Gasteiger partial charge on any atom is -0.459 e. The number of carbonyl (C=O) groups is 1. The molecule has 0 amide bonds. The summed E-state index contributed by atoms with van der Waals surface area (Å²) in [4.78, 5) is 22.8. The molecular formula is C25H40O6. The Balaban J connectivity index is 1.46. The van der Waals surface area contributed by atoms with Gasteiger partial charge >= 0.3 is 5.97 Å². The van der Waals surface area contributed by atoms with E-state index in [1.54, 1.807) is 0 Å². The van der Waals surface area contributed by atoms with E-state index in [9.17, 15) is 9.90 Å². The zero-order valence-electron chi connectivity index (χ0n) is 19.6. The van der Waals surface area contributed by atoms with Gasteiger partial charge in [-0.2, -0.15) is 4.89 Å². The van der Waals surface area contributed by atoms with Crippen molar-refractivity contribution in [1.82, 2.24) is 0 Å². The highest BCUT2D eigenvalue weighted by atomic mass is 17.2. The van der Waals surface area contributed by atoms with Crippen molar-refractivity contribution in [3.8, 4) is 0 Å². The smallest absolute Gasteiger partial charge is 0.303 e. The Kier molecular flexibility index (Phi) is 6.46. The van der Waals surface area contributed by atoms with E-state index in [-0.39, 0.29) is 41.0 Å². The van der Waals surface area contributed by atoms with E-state index < -0.39 is 6.10 Å². The van der Waals surface area contributed by atoms with Crippen LogP contribution < -0.4 is 0 Å². The maximum Gasteiger partial charge on any atom is 0.303 e. The number of ether oxygens (including phenoxy) is 2. The lowest BCUT2D eigenvalue weighted by atomic mass is 9.45. The number of aliphatic hydroxyl groups excluding tert-OH is 1. The molecule has 3 saturated carbocycles. The summed E-state index contributed by atoms with van der Waals surface area (Å²) in [5.74, 6) is 1.34. The van der Waals surface area contributed by atoms with Gasteiger partial charge in [0.25, 0.3) is 0 Å². The lowest BCUT2D eigenvalue weighted by Gasteiger charge is -2.61. The van der Waals surface area contributed by atoms with Crippen molar-refractivity contribution < 1.29 is 29.1 Å². The number of hydrogen-bond donors (Lipinski definition) is 1. The second kappa shape index (κ2) is 8.68. The molecule has 6 heteroatoms. The number of allylic oxidation sites excluding steroid dienone is 1. The Morgan fingerprint density at radius 3 is 2.65 bits per heavy atom. The van der Waals surface area contributed by atoms with E-state index in [1.165, 1.54) is 6.92 Å². The molecule has 6 nitrogen and oxygen atoms in total. The Bertz CT molecular complexity index is 693. The summed E-state index contributed by atoms with van der Waals surface area (Å²) in [5, 5.41) is 11.3. The van der Waals surface area contributed by atoms with E-state index in [0.29, 0.717) is 24.2 Å². The molecule has 176 valence electrons. The first-order valence-corrected chi connectivity index (χ1v) is 12.2. The van der Waals surface area contributed by atoms with Crippen LogP contribution in [-0.2, 0) is 24.0 Å². The number of carbonyl (C=O) groups excluding carboxylic acids is 1. The highest BCUT2D eigenvalue weighted by molar-refractivity contribution is 5.66. The van der Waals surface area contributed by atoms with Gasteiger partial charge in [0.05, 0.1) is 18.8 Å². The van der Waals surface area contributed by atoms with Gasteiger partial charge in [-0.3, -0.25) is 4.79 Å². The van der Waals surface area contributed by atoms with Gasteiger partial charge in [-0.15, -0.1) is 0 Å². The van der Waals surface area contributed by atoms with Crippen molar-refractivity contribution in [3.63, 3.8) is 0 Å². The summed E-state index contributed by atoms with van der Waals surface area (Å²) in [7, 11) is 0. The fourth-order valence-electron chi connectivity index (χ4n) is 7.31. The van der Waals surface area contributed by atoms with Crippen LogP contribution in [-0.4, -0.2) is 42.1 Å². The second-order valence-corrected chi connectivity index (χ2v) is 11.0. The molecule has 0 radical (unpaired) electrons. The van der Waals surface area contributed by atoms with Crippen molar-refractivity contribution in [3.05, 3.63) is 12.3 Å². The fraction of sp³-hybridized carbons (Fsp3) is 0.880. The Labute approximate surface area is 186 Å². The monoisotopic (exact) mass is 436 g/mol. The minimum absolute atomic E-state index is 0.0559. The molecule has 0 bridgehead atoms. The maximum absolute atomic E-state index is 11.6. The number of aliphatic hydroxyl groups is 1. The summed E-state index contributed by atoms with van der Waals surface area (Å²) >= 11 is 0. The molecule has 0 aromatic carbocycles. The molecule has 0 aromatic heterocycles. The Hall–Kier alpha value is -1.11. The van der Waals surface area contributed by atoms with E-state index in [0.717, 1.165) is 51.4 Å². The molecule has 31 heavy (non-hydrogen) atoms. The lowest BCUT2D eigenvalue weighted by Crippen LogP contribution is -2.61. The average Bonchev–Trinajstić information content (AvgIpc) is 3.03. The van der Waals surface area contributed by atoms with Crippen LogP contribution in [0.25, 0.3) is 0 Å². The van der Waals surface area contributed by atoms with Crippen LogP contribution in [0.1, 0.15) is 79.1 Å². The number of rotatable bonds is 6. The van der Waals surface area contributed by atoms with Gasteiger partial charge in [-0.25, -0.2) is 0 Å². The zero-order valence-corrected chi connectivity index (χ0v) is 19.6. The Morgan fingerprint density at radius 1 is 1.19 bits per heavy atom. The third kappa shape index (κ3) is 4.04. The van der Waals surface area contributed by atoms with Crippen LogP contribution in [0.15, 0.2) is 12.3 Å². The molecule has 0 spiro atoms. The molecule has 1 heterocycles. The number of esters is 1. The summed E-state index contributed by atoms with van der Waals surface area (Å²) in [6.07, 6.45) is 6.89. The molecule has 4 fully saturated rings. The highest BCUT2D eigenvalue weighted by Gasteiger charge is 2.64. The molecule has 1 N–H and O–H groups in total. The number of fused-ring (bicyclic) bond motifs is 5. The topological polar surface area (TPSA) is 74.2 Å². The van der Waals surface area contributed by atoms with Crippen molar-refractivity contribution in [2.24, 2.45) is 28.6 Å². The van der Waals surface area contributed by atoms with Gasteiger partial charge in [-0.1, -0.05) is 27.4 Å².